The van der Waals surface area contributed by atoms with E-state index in [1.54, 1.807) is 0 Å². The zero-order chi connectivity index (χ0) is 17.4. The highest BCUT2D eigenvalue weighted by atomic mass is 127. The van der Waals surface area contributed by atoms with Crippen LogP contribution in [0.15, 0.2) is 18.5 Å². The maximum absolute atomic E-state index is 4.62. The summed E-state index contributed by atoms with van der Waals surface area (Å²) in [7, 11) is 0. The largest absolute Gasteiger partial charge is 0.328 e. The number of likely N-dealkylation sites (tertiary alicyclic amines) is 1. The standard InChI is InChI=1S/C17H21IN6S/c1-11-4-3-5-23(8-11)10-13-6-15(25-22-13)21-16-17-19-7-14(18)24(17)9-12(2)20-16/h6-7,9,11H,3-5,8,10H2,1-2H3,(H,20,21). The fraction of sp³-hybridized carbons (Fsp3) is 0.471. The van der Waals surface area contributed by atoms with Crippen LogP contribution in [0.1, 0.15) is 31.2 Å². The highest BCUT2D eigenvalue weighted by Crippen LogP contribution is 2.26. The lowest BCUT2D eigenvalue weighted by atomic mass is 10.0. The van der Waals surface area contributed by atoms with Crippen LogP contribution in [0.2, 0.25) is 0 Å². The van der Waals surface area contributed by atoms with E-state index in [2.05, 4.69) is 64.5 Å². The SMILES string of the molecule is Cc1cn2c(I)cnc2c(Nc2cc(CN3CCCC(C)C3)ns2)n1. The fourth-order valence-corrected chi connectivity index (χ4v) is 4.55. The van der Waals surface area contributed by atoms with Crippen LogP contribution in [-0.4, -0.2) is 36.7 Å². The topological polar surface area (TPSA) is 58.4 Å². The molecule has 0 aromatic carbocycles. The van der Waals surface area contributed by atoms with Gasteiger partial charge in [0, 0.05) is 19.3 Å². The Labute approximate surface area is 165 Å². The normalized spacial score (nSPS) is 18.8. The number of imidazole rings is 1. The molecule has 0 saturated carbocycles. The van der Waals surface area contributed by atoms with E-state index >= 15 is 0 Å². The van der Waals surface area contributed by atoms with Crippen LogP contribution in [0.3, 0.4) is 0 Å². The minimum absolute atomic E-state index is 0.782. The summed E-state index contributed by atoms with van der Waals surface area (Å²) < 4.78 is 7.75. The molecule has 25 heavy (non-hydrogen) atoms. The van der Waals surface area contributed by atoms with Crippen LogP contribution in [0.5, 0.6) is 0 Å². The van der Waals surface area contributed by atoms with Crippen molar-refractivity contribution in [2.75, 3.05) is 18.4 Å². The van der Waals surface area contributed by atoms with E-state index in [1.165, 1.54) is 37.5 Å². The van der Waals surface area contributed by atoms with Crippen molar-refractivity contribution in [2.45, 2.75) is 33.2 Å². The first-order chi connectivity index (χ1) is 12.1. The van der Waals surface area contributed by atoms with E-state index in [0.717, 1.165) is 44.0 Å². The van der Waals surface area contributed by atoms with Gasteiger partial charge in [0.15, 0.2) is 11.5 Å². The molecule has 0 spiro atoms. The van der Waals surface area contributed by atoms with Gasteiger partial charge in [-0.25, -0.2) is 9.97 Å². The van der Waals surface area contributed by atoms with Gasteiger partial charge in [-0.2, -0.15) is 4.37 Å². The number of nitrogens with one attached hydrogen (secondary N) is 1. The van der Waals surface area contributed by atoms with Gasteiger partial charge >= 0.3 is 0 Å². The Morgan fingerprint density at radius 1 is 1.44 bits per heavy atom. The number of halogens is 1. The van der Waals surface area contributed by atoms with E-state index in [4.69, 9.17) is 0 Å². The highest BCUT2D eigenvalue weighted by Gasteiger charge is 2.18. The Hall–Kier alpha value is -1.26. The van der Waals surface area contributed by atoms with Crippen molar-refractivity contribution in [3.05, 3.63) is 33.5 Å². The van der Waals surface area contributed by atoms with Crippen molar-refractivity contribution >= 4 is 50.6 Å². The molecule has 8 heteroatoms. The molecule has 0 amide bonds. The Morgan fingerprint density at radius 2 is 2.32 bits per heavy atom. The molecule has 1 aliphatic heterocycles. The monoisotopic (exact) mass is 468 g/mol. The van der Waals surface area contributed by atoms with E-state index in [-0.39, 0.29) is 0 Å². The first-order valence-corrected chi connectivity index (χ1v) is 10.4. The van der Waals surface area contributed by atoms with Crippen LogP contribution in [0.4, 0.5) is 10.8 Å². The lowest BCUT2D eigenvalue weighted by molar-refractivity contribution is 0.175. The van der Waals surface area contributed by atoms with Crippen molar-refractivity contribution in [1.82, 2.24) is 23.6 Å². The molecule has 1 atom stereocenters. The number of aryl methyl sites for hydroxylation is 1. The van der Waals surface area contributed by atoms with Crippen LogP contribution >= 0.6 is 34.1 Å². The maximum Gasteiger partial charge on any atom is 0.181 e. The average Bonchev–Trinajstić information content (AvgIpc) is 3.15. The third kappa shape index (κ3) is 3.80. The second-order valence-electron chi connectivity index (χ2n) is 6.80. The molecule has 1 saturated heterocycles. The average molecular weight is 468 g/mol. The van der Waals surface area contributed by atoms with E-state index < -0.39 is 0 Å². The third-order valence-electron chi connectivity index (χ3n) is 4.49. The van der Waals surface area contributed by atoms with Gasteiger partial charge < -0.3 is 5.32 Å². The summed E-state index contributed by atoms with van der Waals surface area (Å²) in [4.78, 5) is 11.6. The van der Waals surface area contributed by atoms with Gasteiger partial charge in [0.25, 0.3) is 0 Å². The summed E-state index contributed by atoms with van der Waals surface area (Å²) in [5, 5.41) is 4.42. The lowest BCUT2D eigenvalue weighted by Crippen LogP contribution is -2.33. The smallest absolute Gasteiger partial charge is 0.181 e. The molecule has 1 aliphatic rings. The molecule has 4 rings (SSSR count). The van der Waals surface area contributed by atoms with Crippen LogP contribution in [0.25, 0.3) is 5.65 Å². The fourth-order valence-electron chi connectivity index (χ4n) is 3.39. The van der Waals surface area contributed by atoms with Gasteiger partial charge in [0.2, 0.25) is 0 Å². The molecule has 4 heterocycles. The van der Waals surface area contributed by atoms with Crippen LogP contribution < -0.4 is 5.32 Å². The number of piperidine rings is 1. The number of aromatic nitrogens is 4. The molecular formula is C17H21IN6S. The van der Waals surface area contributed by atoms with Crippen molar-refractivity contribution in [2.24, 2.45) is 5.92 Å². The second-order valence-corrected chi connectivity index (χ2v) is 8.71. The minimum Gasteiger partial charge on any atom is -0.328 e. The summed E-state index contributed by atoms with van der Waals surface area (Å²) in [5.41, 5.74) is 2.93. The van der Waals surface area contributed by atoms with Gasteiger partial charge in [-0.1, -0.05) is 6.92 Å². The molecule has 0 aliphatic carbocycles. The van der Waals surface area contributed by atoms with Crippen molar-refractivity contribution in [1.29, 1.82) is 0 Å². The Morgan fingerprint density at radius 3 is 3.16 bits per heavy atom. The predicted molar refractivity (Wildman–Crippen MR) is 110 cm³/mol. The van der Waals surface area contributed by atoms with E-state index in [0.29, 0.717) is 0 Å². The Bertz CT molecular complexity index is 889. The molecule has 0 radical (unpaired) electrons. The minimum atomic E-state index is 0.782. The summed E-state index contributed by atoms with van der Waals surface area (Å²) in [5.74, 6) is 1.57. The molecule has 3 aromatic heterocycles. The lowest BCUT2D eigenvalue weighted by Gasteiger charge is -2.30. The van der Waals surface area contributed by atoms with Gasteiger partial charge in [-0.3, -0.25) is 9.30 Å². The summed E-state index contributed by atoms with van der Waals surface area (Å²) >= 11 is 3.77. The van der Waals surface area contributed by atoms with Crippen molar-refractivity contribution < 1.29 is 0 Å². The molecule has 1 fully saturated rings. The summed E-state index contributed by atoms with van der Waals surface area (Å²) in [6.45, 7) is 7.61. The first-order valence-electron chi connectivity index (χ1n) is 8.53. The summed E-state index contributed by atoms with van der Waals surface area (Å²) in [6, 6.07) is 2.14. The number of anilines is 2. The number of rotatable bonds is 4. The van der Waals surface area contributed by atoms with Gasteiger partial charge in [-0.05, 0) is 72.4 Å². The van der Waals surface area contributed by atoms with Gasteiger partial charge in [-0.15, -0.1) is 0 Å². The predicted octanol–water partition coefficient (Wildman–Crippen LogP) is 4.07. The maximum atomic E-state index is 4.62. The zero-order valence-electron chi connectivity index (χ0n) is 14.4. The van der Waals surface area contributed by atoms with E-state index in [1.807, 2.05) is 19.3 Å². The number of nitrogens with zero attached hydrogens (tertiary/aromatic N) is 5. The van der Waals surface area contributed by atoms with Gasteiger partial charge in [0.05, 0.1) is 17.6 Å². The van der Waals surface area contributed by atoms with Gasteiger partial charge in [0.1, 0.15) is 8.70 Å². The van der Waals surface area contributed by atoms with Crippen LogP contribution in [-0.2, 0) is 6.54 Å². The molecule has 6 nitrogen and oxygen atoms in total. The Kier molecular flexibility index (Phi) is 4.92. The Balaban J connectivity index is 1.51. The van der Waals surface area contributed by atoms with E-state index in [9.17, 15) is 0 Å². The molecule has 132 valence electrons. The molecule has 1 unspecified atom stereocenters. The molecule has 0 bridgehead atoms. The molecule has 1 N–H and O–H groups in total. The van der Waals surface area contributed by atoms with Crippen molar-refractivity contribution in [3.8, 4) is 0 Å². The number of fused-ring (bicyclic) bond motifs is 1. The first kappa shape index (κ1) is 17.2. The third-order valence-corrected chi connectivity index (χ3v) is 6.04. The zero-order valence-corrected chi connectivity index (χ0v) is 17.3. The molecule has 3 aromatic rings. The summed E-state index contributed by atoms with van der Waals surface area (Å²) in [6.07, 6.45) is 6.50. The van der Waals surface area contributed by atoms with Crippen LogP contribution in [0, 0.1) is 16.5 Å². The molecular weight excluding hydrogens is 447 g/mol. The van der Waals surface area contributed by atoms with Crippen molar-refractivity contribution in [3.63, 3.8) is 0 Å². The highest BCUT2D eigenvalue weighted by molar-refractivity contribution is 14.1. The number of hydrogen-bond acceptors (Lipinski definition) is 6. The number of hydrogen-bond donors (Lipinski definition) is 1. The second kappa shape index (κ2) is 7.16. The quantitative estimate of drug-likeness (QED) is 0.585.